The van der Waals surface area contributed by atoms with Gasteiger partial charge in [-0.05, 0) is 31.4 Å². The first kappa shape index (κ1) is 13.7. The lowest BCUT2D eigenvalue weighted by Gasteiger charge is -2.10. The van der Waals surface area contributed by atoms with E-state index in [1.165, 1.54) is 0 Å². The van der Waals surface area contributed by atoms with E-state index < -0.39 is 23.2 Å². The number of anilines is 1. The second-order valence-electron chi connectivity index (χ2n) is 4.53. The molecule has 1 amide bonds. The topological polar surface area (TPSA) is 64.4 Å². The number of amides is 1. The number of nitrogen functional groups attached to an aromatic ring is 1. The first-order valence-corrected chi connectivity index (χ1v) is 6.22. The Labute approximate surface area is 109 Å². The molecule has 0 bridgehead atoms. The van der Waals surface area contributed by atoms with Gasteiger partial charge in [0.25, 0.3) is 5.91 Å². The number of rotatable bonds is 4. The smallest absolute Gasteiger partial charge is 0.251 e. The molecule has 19 heavy (non-hydrogen) atoms. The molecule has 1 atom stereocenters. The van der Waals surface area contributed by atoms with Crippen LogP contribution in [0.2, 0.25) is 0 Å². The Bertz CT molecular complexity index is 451. The Morgan fingerprint density at radius 1 is 1.42 bits per heavy atom. The summed E-state index contributed by atoms with van der Waals surface area (Å²) in [6, 6.07) is 1.86. The van der Waals surface area contributed by atoms with Crippen LogP contribution in [0.1, 0.15) is 29.6 Å². The van der Waals surface area contributed by atoms with Gasteiger partial charge in [0, 0.05) is 18.7 Å². The number of hydrogen-bond acceptors (Lipinski definition) is 3. The Kier molecular flexibility index (Phi) is 4.31. The summed E-state index contributed by atoms with van der Waals surface area (Å²) in [6.45, 7) is 1.17. The lowest BCUT2D eigenvalue weighted by atomic mass is 10.1. The first-order chi connectivity index (χ1) is 9.08. The van der Waals surface area contributed by atoms with Crippen molar-refractivity contribution in [1.29, 1.82) is 0 Å². The molecule has 1 aromatic rings. The molecule has 104 valence electrons. The number of nitrogens with two attached hydrogens (primary N) is 1. The number of nitrogens with one attached hydrogen (secondary N) is 1. The van der Waals surface area contributed by atoms with E-state index in [-0.39, 0.29) is 11.7 Å². The molecule has 0 saturated carbocycles. The van der Waals surface area contributed by atoms with Crippen molar-refractivity contribution in [3.63, 3.8) is 0 Å². The summed E-state index contributed by atoms with van der Waals surface area (Å²) in [5, 5.41) is 2.61. The predicted molar refractivity (Wildman–Crippen MR) is 66.7 cm³/mol. The largest absolute Gasteiger partial charge is 0.394 e. The third kappa shape index (κ3) is 3.41. The van der Waals surface area contributed by atoms with Crippen molar-refractivity contribution in [2.75, 3.05) is 18.9 Å². The van der Waals surface area contributed by atoms with Gasteiger partial charge in [-0.1, -0.05) is 0 Å². The van der Waals surface area contributed by atoms with E-state index in [4.69, 9.17) is 10.5 Å². The highest BCUT2D eigenvalue weighted by atomic mass is 19.1. The minimum absolute atomic E-state index is 0.0726. The molecule has 0 aromatic heterocycles. The zero-order valence-electron chi connectivity index (χ0n) is 10.4. The van der Waals surface area contributed by atoms with Crippen molar-refractivity contribution >= 4 is 11.6 Å². The molecule has 1 aliphatic rings. The zero-order chi connectivity index (χ0) is 13.8. The molecule has 4 nitrogen and oxygen atoms in total. The normalized spacial score (nSPS) is 18.5. The van der Waals surface area contributed by atoms with Crippen molar-refractivity contribution in [3.8, 4) is 0 Å². The molecule has 1 aromatic carbocycles. The summed E-state index contributed by atoms with van der Waals surface area (Å²) in [5.74, 6) is -2.37. The van der Waals surface area contributed by atoms with Gasteiger partial charge in [-0.15, -0.1) is 0 Å². The fourth-order valence-electron chi connectivity index (χ4n) is 2.04. The Morgan fingerprint density at radius 3 is 2.68 bits per heavy atom. The maximum absolute atomic E-state index is 13.2. The molecule has 1 aliphatic heterocycles. The molecule has 1 saturated heterocycles. The molecule has 0 aliphatic carbocycles. The Balaban J connectivity index is 1.88. The van der Waals surface area contributed by atoms with Gasteiger partial charge in [-0.25, -0.2) is 8.78 Å². The van der Waals surface area contributed by atoms with Crippen LogP contribution in [0.25, 0.3) is 0 Å². The highest BCUT2D eigenvalue weighted by molar-refractivity contribution is 5.94. The number of benzene rings is 1. The van der Waals surface area contributed by atoms with E-state index in [1.807, 2.05) is 0 Å². The molecule has 1 unspecified atom stereocenters. The van der Waals surface area contributed by atoms with Gasteiger partial charge in [0.15, 0.2) is 0 Å². The fraction of sp³-hybridized carbons (Fsp3) is 0.462. The Morgan fingerprint density at radius 2 is 2.11 bits per heavy atom. The van der Waals surface area contributed by atoms with E-state index in [1.54, 1.807) is 0 Å². The summed E-state index contributed by atoms with van der Waals surface area (Å²) in [6.07, 6.45) is 2.89. The summed E-state index contributed by atoms with van der Waals surface area (Å²) in [4.78, 5) is 11.7. The number of hydrogen-bond donors (Lipinski definition) is 2. The van der Waals surface area contributed by atoms with Crippen LogP contribution in [-0.2, 0) is 4.74 Å². The number of carbonyl (C=O) groups excluding carboxylic acids is 1. The number of ether oxygens (including phenoxy) is 1. The molecular formula is C13H16F2N2O2. The summed E-state index contributed by atoms with van der Waals surface area (Å²) < 4.78 is 31.8. The number of carbonyl (C=O) groups is 1. The maximum atomic E-state index is 13.2. The SMILES string of the molecule is Nc1c(F)cc(C(=O)NCCC2CCCO2)cc1F. The van der Waals surface area contributed by atoms with Crippen LogP contribution in [-0.4, -0.2) is 25.2 Å². The maximum Gasteiger partial charge on any atom is 0.251 e. The molecule has 0 spiro atoms. The summed E-state index contributed by atoms with van der Waals surface area (Å²) in [5.41, 5.74) is 4.49. The molecule has 0 radical (unpaired) electrons. The molecule has 3 N–H and O–H groups in total. The van der Waals surface area contributed by atoms with E-state index >= 15 is 0 Å². The van der Waals surface area contributed by atoms with Crippen LogP contribution >= 0.6 is 0 Å². The Hall–Kier alpha value is -1.69. The second kappa shape index (κ2) is 5.97. The monoisotopic (exact) mass is 270 g/mol. The van der Waals surface area contributed by atoms with Crippen LogP contribution in [0.3, 0.4) is 0 Å². The molecular weight excluding hydrogens is 254 g/mol. The molecule has 2 rings (SSSR count). The summed E-state index contributed by atoms with van der Waals surface area (Å²) >= 11 is 0. The summed E-state index contributed by atoms with van der Waals surface area (Å²) in [7, 11) is 0. The van der Waals surface area contributed by atoms with Gasteiger partial charge in [-0.2, -0.15) is 0 Å². The van der Waals surface area contributed by atoms with Gasteiger partial charge in [0.2, 0.25) is 0 Å². The zero-order valence-corrected chi connectivity index (χ0v) is 10.4. The van der Waals surface area contributed by atoms with E-state index in [9.17, 15) is 13.6 Å². The van der Waals surface area contributed by atoms with E-state index in [0.717, 1.165) is 31.6 Å². The second-order valence-corrected chi connectivity index (χ2v) is 4.53. The lowest BCUT2D eigenvalue weighted by molar-refractivity contribution is 0.0906. The highest BCUT2D eigenvalue weighted by Gasteiger charge is 2.16. The van der Waals surface area contributed by atoms with Crippen LogP contribution in [0.5, 0.6) is 0 Å². The average Bonchev–Trinajstić information content (AvgIpc) is 2.88. The van der Waals surface area contributed by atoms with Crippen LogP contribution in [0.15, 0.2) is 12.1 Å². The van der Waals surface area contributed by atoms with Crippen molar-refractivity contribution in [2.24, 2.45) is 0 Å². The highest BCUT2D eigenvalue weighted by Crippen LogP contribution is 2.17. The van der Waals surface area contributed by atoms with Gasteiger partial charge >= 0.3 is 0 Å². The van der Waals surface area contributed by atoms with Crippen LogP contribution in [0, 0.1) is 11.6 Å². The molecule has 1 heterocycles. The van der Waals surface area contributed by atoms with Crippen molar-refractivity contribution < 1.29 is 18.3 Å². The average molecular weight is 270 g/mol. The van der Waals surface area contributed by atoms with E-state index in [2.05, 4.69) is 5.32 Å². The van der Waals surface area contributed by atoms with Gasteiger partial charge in [0.1, 0.15) is 17.3 Å². The van der Waals surface area contributed by atoms with Gasteiger partial charge in [-0.3, -0.25) is 4.79 Å². The van der Waals surface area contributed by atoms with Crippen molar-refractivity contribution in [3.05, 3.63) is 29.3 Å². The standard InChI is InChI=1S/C13H16F2N2O2/c14-10-6-8(7-11(15)12(10)16)13(18)17-4-3-9-2-1-5-19-9/h6-7,9H,1-5,16H2,(H,17,18). The number of halogens is 2. The van der Waals surface area contributed by atoms with Crippen LogP contribution in [0.4, 0.5) is 14.5 Å². The van der Waals surface area contributed by atoms with E-state index in [0.29, 0.717) is 13.0 Å². The molecule has 6 heteroatoms. The van der Waals surface area contributed by atoms with Crippen molar-refractivity contribution in [1.82, 2.24) is 5.32 Å². The predicted octanol–water partition coefficient (Wildman–Crippen LogP) is 1.85. The first-order valence-electron chi connectivity index (χ1n) is 6.22. The van der Waals surface area contributed by atoms with Crippen molar-refractivity contribution in [2.45, 2.75) is 25.4 Å². The molecule has 1 fully saturated rings. The van der Waals surface area contributed by atoms with Crippen LogP contribution < -0.4 is 11.1 Å². The minimum atomic E-state index is -0.927. The minimum Gasteiger partial charge on any atom is -0.394 e. The third-order valence-corrected chi connectivity index (χ3v) is 3.12. The van der Waals surface area contributed by atoms with Gasteiger partial charge in [0.05, 0.1) is 6.10 Å². The van der Waals surface area contributed by atoms with Gasteiger partial charge < -0.3 is 15.8 Å². The quantitative estimate of drug-likeness (QED) is 0.821. The third-order valence-electron chi connectivity index (χ3n) is 3.12. The lowest BCUT2D eigenvalue weighted by Crippen LogP contribution is -2.27. The fourth-order valence-corrected chi connectivity index (χ4v) is 2.04.